The third-order valence-corrected chi connectivity index (χ3v) is 7.95. The summed E-state index contributed by atoms with van der Waals surface area (Å²) < 4.78 is 16.1. The number of rotatable bonds is 9. The van der Waals surface area contributed by atoms with E-state index in [1.807, 2.05) is 36.4 Å². The number of aliphatic hydroxyl groups is 1. The van der Waals surface area contributed by atoms with Crippen LogP contribution < -0.4 is 14.8 Å². The Morgan fingerprint density at radius 2 is 1.81 bits per heavy atom. The van der Waals surface area contributed by atoms with Crippen LogP contribution in [0.25, 0.3) is 10.8 Å². The highest BCUT2D eigenvalue weighted by molar-refractivity contribution is 6.25. The van der Waals surface area contributed by atoms with Gasteiger partial charge in [0.25, 0.3) is 5.91 Å². The minimum atomic E-state index is -1.65. The lowest BCUT2D eigenvalue weighted by atomic mass is 9.71. The minimum Gasteiger partial charge on any atom is -0.507 e. The van der Waals surface area contributed by atoms with Crippen LogP contribution in [0.15, 0.2) is 65.6 Å². The number of aliphatic hydroxyl groups excluding tert-OH is 1. The number of nitrogens with one attached hydrogen (secondary N) is 1. The maximum Gasteiger partial charge on any atom is 0.305 e. The standard InChI is InChI=1S/C33H31NO9/c1-17(35)27-22(36)15-25-33(2,31(27)39)29-23(37)14-24(41-3)28(30(29)43-25)32(40)34-16-20-13-18(8-7-11-26(38)42-4)12-19-9-5-6-10-21(19)20/h5-6,9-10,12-15,36-37H,7-8,11,16H2,1-4H3,(H,34,40)/t33-/m1/s1. The first-order valence-electron chi connectivity index (χ1n) is 13.7. The highest BCUT2D eigenvalue weighted by Gasteiger charge is 2.55. The fourth-order valence-corrected chi connectivity index (χ4v) is 5.77. The number of esters is 1. The Bertz CT molecular complexity index is 1770. The number of allylic oxidation sites excluding steroid dienone is 3. The molecule has 2 aliphatic rings. The summed E-state index contributed by atoms with van der Waals surface area (Å²) in [5, 5.41) is 26.2. The van der Waals surface area contributed by atoms with Crippen molar-refractivity contribution < 1.29 is 43.6 Å². The highest BCUT2D eigenvalue weighted by Crippen LogP contribution is 2.56. The summed E-state index contributed by atoms with van der Waals surface area (Å²) in [6.07, 6.45) is 2.69. The van der Waals surface area contributed by atoms with Gasteiger partial charge in [0.2, 0.25) is 0 Å². The topological polar surface area (TPSA) is 148 Å². The van der Waals surface area contributed by atoms with Gasteiger partial charge < -0.3 is 29.7 Å². The molecule has 1 atom stereocenters. The van der Waals surface area contributed by atoms with E-state index in [0.29, 0.717) is 19.3 Å². The van der Waals surface area contributed by atoms with E-state index in [-0.39, 0.29) is 46.6 Å². The molecule has 43 heavy (non-hydrogen) atoms. The molecule has 0 aromatic heterocycles. The molecule has 1 amide bonds. The largest absolute Gasteiger partial charge is 0.507 e. The molecular formula is C33H31NO9. The molecule has 0 unspecified atom stereocenters. The molecule has 10 heteroatoms. The summed E-state index contributed by atoms with van der Waals surface area (Å²) in [5.74, 6) is -3.29. The van der Waals surface area contributed by atoms with Gasteiger partial charge in [-0.3, -0.25) is 19.2 Å². The summed E-state index contributed by atoms with van der Waals surface area (Å²) in [4.78, 5) is 51.0. The zero-order chi connectivity index (χ0) is 31.1. The molecule has 0 fully saturated rings. The maximum absolute atomic E-state index is 13.8. The molecule has 5 rings (SSSR count). The molecule has 0 bridgehead atoms. The van der Waals surface area contributed by atoms with Crippen LogP contribution in [0.3, 0.4) is 0 Å². The summed E-state index contributed by atoms with van der Waals surface area (Å²) in [5.41, 5.74) is -0.283. The maximum atomic E-state index is 13.8. The molecule has 1 aliphatic heterocycles. The van der Waals surface area contributed by atoms with Crippen LogP contribution in [0.5, 0.6) is 17.2 Å². The number of hydrogen-bond donors (Lipinski definition) is 3. The SMILES string of the molecule is COC(=O)CCCc1cc(CNC(=O)c2c(OC)cc(O)c3c2OC2=CC(O)=C(C(C)=O)C(=O)[C@]23C)c2ccccc2c1. The second-order valence-electron chi connectivity index (χ2n) is 10.6. The van der Waals surface area contributed by atoms with E-state index in [2.05, 4.69) is 5.32 Å². The number of Topliss-reactive ketones (excluding diaryl/α,β-unsaturated/α-hetero) is 2. The third-order valence-electron chi connectivity index (χ3n) is 7.95. The number of aromatic hydroxyl groups is 1. The lowest BCUT2D eigenvalue weighted by Gasteiger charge is -2.27. The Kier molecular flexibility index (Phi) is 7.71. The van der Waals surface area contributed by atoms with Crippen molar-refractivity contribution in [2.75, 3.05) is 14.2 Å². The summed E-state index contributed by atoms with van der Waals surface area (Å²) in [6.45, 7) is 2.75. The van der Waals surface area contributed by atoms with Gasteiger partial charge >= 0.3 is 5.97 Å². The number of carbonyl (C=O) groups is 4. The van der Waals surface area contributed by atoms with Crippen LogP contribution in [-0.2, 0) is 37.5 Å². The number of ketones is 2. The third kappa shape index (κ3) is 4.98. The van der Waals surface area contributed by atoms with Crippen molar-refractivity contribution in [2.45, 2.75) is 45.1 Å². The second-order valence-corrected chi connectivity index (χ2v) is 10.6. The first-order chi connectivity index (χ1) is 20.5. The first kappa shape index (κ1) is 29.4. The zero-order valence-corrected chi connectivity index (χ0v) is 24.2. The predicted octanol–water partition coefficient (Wildman–Crippen LogP) is 4.50. The fraction of sp³-hybridized carbons (Fsp3) is 0.273. The molecule has 3 N–H and O–H groups in total. The molecule has 0 saturated carbocycles. The normalized spacial score (nSPS) is 17.1. The number of carbonyl (C=O) groups excluding carboxylic acids is 4. The van der Waals surface area contributed by atoms with Crippen molar-refractivity contribution in [3.63, 3.8) is 0 Å². The second kappa shape index (κ2) is 11.3. The summed E-state index contributed by atoms with van der Waals surface area (Å²) in [7, 11) is 2.69. The van der Waals surface area contributed by atoms with Gasteiger partial charge in [0.1, 0.15) is 39.6 Å². The molecule has 0 saturated heterocycles. The van der Waals surface area contributed by atoms with Gasteiger partial charge in [0.05, 0.1) is 19.8 Å². The summed E-state index contributed by atoms with van der Waals surface area (Å²) >= 11 is 0. The number of ether oxygens (including phenoxy) is 3. The van der Waals surface area contributed by atoms with Crippen LogP contribution in [0, 0.1) is 0 Å². The Labute approximate surface area is 247 Å². The lowest BCUT2D eigenvalue weighted by Crippen LogP contribution is -2.38. The molecule has 0 spiro atoms. The molecule has 0 radical (unpaired) electrons. The number of phenolic OH excluding ortho intramolecular Hbond substituents is 1. The van der Waals surface area contributed by atoms with E-state index in [4.69, 9.17) is 14.2 Å². The van der Waals surface area contributed by atoms with Crippen molar-refractivity contribution in [3.8, 4) is 17.2 Å². The molecule has 3 aromatic carbocycles. The number of amides is 1. The Morgan fingerprint density at radius 1 is 1.07 bits per heavy atom. The average Bonchev–Trinajstić information content (AvgIpc) is 3.28. The van der Waals surface area contributed by atoms with Gasteiger partial charge in [-0.15, -0.1) is 0 Å². The van der Waals surface area contributed by atoms with Crippen LogP contribution in [0.2, 0.25) is 0 Å². The predicted molar refractivity (Wildman–Crippen MR) is 156 cm³/mol. The lowest BCUT2D eigenvalue weighted by molar-refractivity contribution is -0.140. The number of hydrogen-bond acceptors (Lipinski definition) is 9. The van der Waals surface area contributed by atoms with Gasteiger partial charge in [-0.1, -0.05) is 36.4 Å². The Hall–Kier alpha value is -5.12. The van der Waals surface area contributed by atoms with E-state index in [9.17, 15) is 29.4 Å². The van der Waals surface area contributed by atoms with E-state index in [1.54, 1.807) is 0 Å². The van der Waals surface area contributed by atoms with Crippen molar-refractivity contribution in [1.29, 1.82) is 0 Å². The van der Waals surface area contributed by atoms with E-state index in [1.165, 1.54) is 27.2 Å². The zero-order valence-electron chi connectivity index (χ0n) is 24.2. The van der Waals surface area contributed by atoms with Crippen molar-refractivity contribution in [3.05, 3.63) is 87.9 Å². The smallest absolute Gasteiger partial charge is 0.305 e. The van der Waals surface area contributed by atoms with Gasteiger partial charge in [-0.2, -0.15) is 0 Å². The number of benzene rings is 3. The van der Waals surface area contributed by atoms with Gasteiger partial charge in [0.15, 0.2) is 17.3 Å². The quantitative estimate of drug-likeness (QED) is 0.244. The first-order valence-corrected chi connectivity index (χ1v) is 13.7. The van der Waals surface area contributed by atoms with Crippen molar-refractivity contribution >= 4 is 34.2 Å². The van der Waals surface area contributed by atoms with Crippen LogP contribution >= 0.6 is 0 Å². The fourth-order valence-electron chi connectivity index (χ4n) is 5.77. The minimum absolute atomic E-state index is 0.000923. The number of methoxy groups -OCH3 is 2. The average molecular weight is 586 g/mol. The molecular weight excluding hydrogens is 554 g/mol. The Morgan fingerprint density at radius 3 is 2.51 bits per heavy atom. The van der Waals surface area contributed by atoms with Crippen LogP contribution in [0.4, 0.5) is 0 Å². The summed E-state index contributed by atoms with van der Waals surface area (Å²) in [6, 6.07) is 13.0. The molecule has 1 aliphatic carbocycles. The molecule has 222 valence electrons. The Balaban J connectivity index is 1.49. The number of phenols is 1. The van der Waals surface area contributed by atoms with Crippen LogP contribution in [0.1, 0.15) is 53.7 Å². The number of fused-ring (bicyclic) bond motifs is 4. The number of aryl methyl sites for hydroxylation is 1. The molecule has 1 heterocycles. The highest BCUT2D eigenvalue weighted by atomic mass is 16.5. The molecule has 3 aromatic rings. The monoisotopic (exact) mass is 585 g/mol. The van der Waals surface area contributed by atoms with Gasteiger partial charge in [-0.05, 0) is 48.6 Å². The van der Waals surface area contributed by atoms with Gasteiger partial charge in [-0.25, -0.2) is 0 Å². The van der Waals surface area contributed by atoms with Crippen LogP contribution in [-0.4, -0.2) is 47.9 Å². The molecule has 10 nitrogen and oxygen atoms in total. The van der Waals surface area contributed by atoms with E-state index in [0.717, 1.165) is 34.9 Å². The van der Waals surface area contributed by atoms with Crippen molar-refractivity contribution in [1.82, 2.24) is 5.32 Å². The van der Waals surface area contributed by atoms with E-state index >= 15 is 0 Å². The van der Waals surface area contributed by atoms with Crippen molar-refractivity contribution in [2.24, 2.45) is 0 Å². The van der Waals surface area contributed by atoms with Gasteiger partial charge in [0, 0.05) is 25.1 Å². The van der Waals surface area contributed by atoms with E-state index < -0.39 is 34.2 Å².